The number of hydrogen-bond donors (Lipinski definition) is 0. The minimum Gasteiger partial charge on any atom is -0.100 e. The van der Waals surface area contributed by atoms with Crippen LogP contribution in [-0.2, 0) is 0 Å². The summed E-state index contributed by atoms with van der Waals surface area (Å²) < 4.78 is 0. The highest BCUT2D eigenvalue weighted by Crippen LogP contribution is 2.16. The Balaban J connectivity index is 3.09. The van der Waals surface area contributed by atoms with Gasteiger partial charge in [-0.2, -0.15) is 0 Å². The Labute approximate surface area is 113 Å². The van der Waals surface area contributed by atoms with E-state index in [0.29, 0.717) is 0 Å². The summed E-state index contributed by atoms with van der Waals surface area (Å²) in [6.45, 7) is 13.2. The van der Waals surface area contributed by atoms with Gasteiger partial charge in [0.25, 0.3) is 0 Å². The zero-order valence-electron chi connectivity index (χ0n) is 12.1. The van der Waals surface area contributed by atoms with Gasteiger partial charge in [-0.1, -0.05) is 55.6 Å². The molecule has 1 aromatic rings. The van der Waals surface area contributed by atoms with E-state index in [1.54, 1.807) is 0 Å². The Morgan fingerprint density at radius 2 is 1.94 bits per heavy atom. The Morgan fingerprint density at radius 3 is 2.56 bits per heavy atom. The van der Waals surface area contributed by atoms with Gasteiger partial charge in [-0.05, 0) is 30.6 Å². The van der Waals surface area contributed by atoms with Crippen molar-refractivity contribution in [3.05, 3.63) is 42.0 Å². The summed E-state index contributed by atoms with van der Waals surface area (Å²) in [7, 11) is -1.45. The predicted molar refractivity (Wildman–Crippen MR) is 85.0 cm³/mol. The van der Waals surface area contributed by atoms with Crippen LogP contribution in [0.2, 0.25) is 19.1 Å². The van der Waals surface area contributed by atoms with Crippen molar-refractivity contribution in [1.82, 2.24) is 0 Å². The lowest BCUT2D eigenvalue weighted by Gasteiger charge is -2.24. The predicted octanol–water partition coefficient (Wildman–Crippen LogP) is 4.33. The highest BCUT2D eigenvalue weighted by Gasteiger charge is 2.25. The van der Waals surface area contributed by atoms with Crippen LogP contribution in [0.1, 0.15) is 32.3 Å². The third-order valence-electron chi connectivity index (χ3n) is 3.00. The third-order valence-corrected chi connectivity index (χ3v) is 6.38. The largest absolute Gasteiger partial charge is 0.100 e. The summed E-state index contributed by atoms with van der Waals surface area (Å²) >= 11 is 0. The molecule has 0 spiro atoms. The first-order valence-corrected chi connectivity index (χ1v) is 9.91. The standard InChI is InChI=1S/C17H24Si/c1-6-7-8-11-16-12-9-10-13-17(16)18(4,5)14-15(2)3/h9-10,12-13H,2,6-7,14H2,1,3-5H3. The molecule has 96 valence electrons. The van der Waals surface area contributed by atoms with Crippen LogP contribution in [0.15, 0.2) is 36.4 Å². The molecular formula is C17H24Si. The van der Waals surface area contributed by atoms with Crippen LogP contribution < -0.4 is 5.19 Å². The Morgan fingerprint density at radius 1 is 1.28 bits per heavy atom. The van der Waals surface area contributed by atoms with Crippen molar-refractivity contribution in [2.45, 2.75) is 45.8 Å². The van der Waals surface area contributed by atoms with E-state index < -0.39 is 8.07 Å². The maximum absolute atomic E-state index is 4.07. The van der Waals surface area contributed by atoms with E-state index in [9.17, 15) is 0 Å². The summed E-state index contributed by atoms with van der Waals surface area (Å²) in [4.78, 5) is 0. The second-order valence-electron chi connectivity index (χ2n) is 5.62. The van der Waals surface area contributed by atoms with Gasteiger partial charge in [0.2, 0.25) is 0 Å². The van der Waals surface area contributed by atoms with Crippen LogP contribution >= 0.6 is 0 Å². The van der Waals surface area contributed by atoms with Crippen molar-refractivity contribution in [3.63, 3.8) is 0 Å². The van der Waals surface area contributed by atoms with E-state index in [1.807, 2.05) is 0 Å². The van der Waals surface area contributed by atoms with Gasteiger partial charge in [-0.15, -0.1) is 6.58 Å². The molecule has 0 saturated carbocycles. The van der Waals surface area contributed by atoms with E-state index in [1.165, 1.54) is 16.3 Å². The van der Waals surface area contributed by atoms with Gasteiger partial charge in [0.05, 0.1) is 8.07 Å². The van der Waals surface area contributed by atoms with Gasteiger partial charge in [0.15, 0.2) is 0 Å². The molecule has 0 amide bonds. The molecule has 0 nitrogen and oxygen atoms in total. The van der Waals surface area contributed by atoms with E-state index in [-0.39, 0.29) is 0 Å². The van der Waals surface area contributed by atoms with Crippen molar-refractivity contribution < 1.29 is 0 Å². The van der Waals surface area contributed by atoms with Crippen molar-refractivity contribution >= 4 is 13.3 Å². The molecule has 0 aliphatic heterocycles. The maximum Gasteiger partial charge on any atom is 0.0862 e. The molecule has 1 heteroatoms. The van der Waals surface area contributed by atoms with Crippen LogP contribution in [0.5, 0.6) is 0 Å². The average Bonchev–Trinajstić information content (AvgIpc) is 2.28. The molecular weight excluding hydrogens is 232 g/mol. The highest BCUT2D eigenvalue weighted by molar-refractivity contribution is 6.90. The fourth-order valence-corrected chi connectivity index (χ4v) is 5.44. The van der Waals surface area contributed by atoms with Gasteiger partial charge in [0, 0.05) is 12.0 Å². The highest BCUT2D eigenvalue weighted by atomic mass is 28.3. The summed E-state index contributed by atoms with van der Waals surface area (Å²) in [5.74, 6) is 6.62. The number of benzene rings is 1. The quantitative estimate of drug-likeness (QED) is 0.427. The third kappa shape index (κ3) is 4.20. The van der Waals surface area contributed by atoms with E-state index in [0.717, 1.165) is 18.9 Å². The van der Waals surface area contributed by atoms with E-state index in [4.69, 9.17) is 0 Å². The number of hydrogen-bond acceptors (Lipinski definition) is 0. The summed E-state index contributed by atoms with van der Waals surface area (Å²) in [5, 5.41) is 1.47. The Hall–Kier alpha value is -1.26. The van der Waals surface area contributed by atoms with Crippen molar-refractivity contribution in [2.24, 2.45) is 0 Å². The zero-order chi connectivity index (χ0) is 13.6. The molecule has 0 atom stereocenters. The van der Waals surface area contributed by atoms with E-state index in [2.05, 4.69) is 69.6 Å². The fourth-order valence-electron chi connectivity index (χ4n) is 2.31. The molecule has 1 rings (SSSR count). The van der Waals surface area contributed by atoms with Crippen molar-refractivity contribution in [2.75, 3.05) is 0 Å². The monoisotopic (exact) mass is 256 g/mol. The summed E-state index contributed by atoms with van der Waals surface area (Å²) in [6, 6.07) is 9.77. The molecule has 0 aliphatic rings. The summed E-state index contributed by atoms with van der Waals surface area (Å²) in [6.07, 6.45) is 2.11. The first-order chi connectivity index (χ1) is 8.47. The molecule has 0 aliphatic carbocycles. The lowest BCUT2D eigenvalue weighted by molar-refractivity contribution is 0.983. The van der Waals surface area contributed by atoms with Crippen LogP contribution in [-0.4, -0.2) is 8.07 Å². The molecule has 0 bridgehead atoms. The molecule has 0 N–H and O–H groups in total. The number of allylic oxidation sites excluding steroid dienone is 1. The minimum absolute atomic E-state index is 0.983. The molecule has 1 aromatic carbocycles. The molecule has 0 radical (unpaired) electrons. The number of unbranched alkanes of at least 4 members (excludes halogenated alkanes) is 1. The fraction of sp³-hybridized carbons (Fsp3) is 0.412. The Bertz CT molecular complexity index is 472. The minimum atomic E-state index is -1.45. The van der Waals surface area contributed by atoms with Gasteiger partial charge in [-0.25, -0.2) is 0 Å². The average molecular weight is 256 g/mol. The molecule has 0 heterocycles. The Kier molecular flexibility index (Phi) is 5.43. The number of rotatable bonds is 4. The van der Waals surface area contributed by atoms with Crippen molar-refractivity contribution in [1.29, 1.82) is 0 Å². The lowest BCUT2D eigenvalue weighted by Crippen LogP contribution is -2.43. The van der Waals surface area contributed by atoms with E-state index >= 15 is 0 Å². The van der Waals surface area contributed by atoms with Gasteiger partial charge >= 0.3 is 0 Å². The first-order valence-electron chi connectivity index (χ1n) is 6.70. The lowest BCUT2D eigenvalue weighted by atomic mass is 10.2. The SMILES string of the molecule is C=C(C)C[Si](C)(C)c1ccccc1C#CCCC. The summed E-state index contributed by atoms with van der Waals surface area (Å²) in [5.41, 5.74) is 2.51. The van der Waals surface area contributed by atoms with Gasteiger partial charge < -0.3 is 0 Å². The van der Waals surface area contributed by atoms with Gasteiger partial charge in [-0.3, -0.25) is 0 Å². The molecule has 18 heavy (non-hydrogen) atoms. The van der Waals surface area contributed by atoms with Crippen molar-refractivity contribution in [3.8, 4) is 11.8 Å². The van der Waals surface area contributed by atoms with Crippen LogP contribution in [0.4, 0.5) is 0 Å². The van der Waals surface area contributed by atoms with Crippen LogP contribution in [0, 0.1) is 11.8 Å². The molecule has 0 fully saturated rings. The second-order valence-corrected chi connectivity index (χ2v) is 10.3. The first kappa shape index (κ1) is 14.8. The molecule has 0 saturated heterocycles. The van der Waals surface area contributed by atoms with Crippen LogP contribution in [0.25, 0.3) is 0 Å². The van der Waals surface area contributed by atoms with Crippen LogP contribution in [0.3, 0.4) is 0 Å². The van der Waals surface area contributed by atoms with Gasteiger partial charge in [0.1, 0.15) is 0 Å². The second kappa shape index (κ2) is 6.61. The topological polar surface area (TPSA) is 0 Å². The smallest absolute Gasteiger partial charge is 0.0862 e. The molecule has 0 unspecified atom stereocenters. The molecule has 0 aromatic heterocycles. The maximum atomic E-state index is 4.07. The normalized spacial score (nSPS) is 10.7. The zero-order valence-corrected chi connectivity index (χ0v) is 13.1.